The number of H-pyrrole nitrogens is 1. The molecule has 0 aliphatic heterocycles. The highest BCUT2D eigenvalue weighted by molar-refractivity contribution is 5.99. The van der Waals surface area contributed by atoms with Crippen LogP contribution in [-0.2, 0) is 6.42 Å². The molecule has 0 saturated heterocycles. The largest absolute Gasteiger partial charge is 0.383 e. The van der Waals surface area contributed by atoms with Crippen molar-refractivity contribution in [2.75, 3.05) is 5.73 Å². The normalized spacial score (nSPS) is 11.1. The number of aryl methyl sites for hydroxylation is 2. The van der Waals surface area contributed by atoms with Crippen LogP contribution in [0.1, 0.15) is 18.2 Å². The molecule has 1 aromatic carbocycles. The number of pyridine rings is 1. The number of benzene rings is 1. The molecule has 0 saturated carbocycles. The molecule has 0 radical (unpaired) electrons. The Balaban J connectivity index is 2.25. The summed E-state index contributed by atoms with van der Waals surface area (Å²) < 4.78 is 0. The van der Waals surface area contributed by atoms with Gasteiger partial charge in [-0.1, -0.05) is 31.2 Å². The average Bonchev–Trinajstić information content (AvgIpc) is 2.79. The van der Waals surface area contributed by atoms with Crippen molar-refractivity contribution in [1.82, 2.24) is 15.2 Å². The number of hydrogen-bond donors (Lipinski definition) is 2. The first-order valence-corrected chi connectivity index (χ1v) is 6.39. The Bertz CT molecular complexity index is 726. The quantitative estimate of drug-likeness (QED) is 0.736. The van der Waals surface area contributed by atoms with E-state index in [2.05, 4.69) is 52.4 Å². The number of aromatic amines is 1. The molecule has 0 unspecified atom stereocenters. The molecule has 0 aliphatic carbocycles. The molecular weight excluding hydrogens is 236 g/mol. The van der Waals surface area contributed by atoms with Crippen LogP contribution in [0.4, 0.5) is 5.82 Å². The van der Waals surface area contributed by atoms with Crippen LogP contribution >= 0.6 is 0 Å². The lowest BCUT2D eigenvalue weighted by Gasteiger charge is -2.06. The number of nitrogens with two attached hydrogens (primary N) is 1. The van der Waals surface area contributed by atoms with E-state index in [4.69, 9.17) is 5.73 Å². The predicted octanol–water partition coefficient (Wildman–Crippen LogP) is 3.08. The lowest BCUT2D eigenvalue weighted by molar-refractivity contribution is 1.09. The standard InChI is InChI=1S/C15H16N4/c1-3-10-4-6-11(7-5-10)12-8-9(2)17-15-13(12)14(16)18-19-15/h4-8H,3H2,1-2H3,(H3,16,17,18,19). The Kier molecular flexibility index (Phi) is 2.71. The van der Waals surface area contributed by atoms with Crippen LogP contribution in [0, 0.1) is 6.92 Å². The third kappa shape index (κ3) is 1.95. The van der Waals surface area contributed by atoms with Crippen molar-refractivity contribution in [3.63, 3.8) is 0 Å². The first kappa shape index (κ1) is 11.7. The Morgan fingerprint density at radius 3 is 2.63 bits per heavy atom. The summed E-state index contributed by atoms with van der Waals surface area (Å²) in [5.74, 6) is 0.567. The summed E-state index contributed by atoms with van der Waals surface area (Å²) in [5.41, 5.74) is 11.1. The van der Waals surface area contributed by atoms with Crippen molar-refractivity contribution in [2.45, 2.75) is 20.3 Å². The van der Waals surface area contributed by atoms with Crippen LogP contribution in [-0.4, -0.2) is 15.2 Å². The number of anilines is 1. The van der Waals surface area contributed by atoms with Crippen molar-refractivity contribution in [1.29, 1.82) is 0 Å². The first-order chi connectivity index (χ1) is 9.19. The van der Waals surface area contributed by atoms with Crippen LogP contribution in [0.2, 0.25) is 0 Å². The van der Waals surface area contributed by atoms with Gasteiger partial charge in [-0.3, -0.25) is 5.10 Å². The number of fused-ring (bicyclic) bond motifs is 1. The molecule has 0 amide bonds. The molecule has 2 heterocycles. The molecule has 0 atom stereocenters. The molecule has 3 N–H and O–H groups in total. The van der Waals surface area contributed by atoms with Crippen molar-refractivity contribution in [3.05, 3.63) is 41.6 Å². The maximum absolute atomic E-state index is 5.96. The molecule has 4 heteroatoms. The molecule has 0 aliphatic rings. The van der Waals surface area contributed by atoms with Gasteiger partial charge in [0, 0.05) is 5.69 Å². The molecule has 0 spiro atoms. The average molecular weight is 252 g/mol. The van der Waals surface area contributed by atoms with Crippen molar-refractivity contribution >= 4 is 16.9 Å². The zero-order valence-corrected chi connectivity index (χ0v) is 11.1. The van der Waals surface area contributed by atoms with Crippen molar-refractivity contribution in [3.8, 4) is 11.1 Å². The van der Waals surface area contributed by atoms with Gasteiger partial charge in [0.1, 0.15) is 5.82 Å². The van der Waals surface area contributed by atoms with E-state index >= 15 is 0 Å². The molecule has 0 fully saturated rings. The topological polar surface area (TPSA) is 67.6 Å². The van der Waals surface area contributed by atoms with Crippen LogP contribution in [0.15, 0.2) is 30.3 Å². The zero-order valence-electron chi connectivity index (χ0n) is 11.1. The Morgan fingerprint density at radius 2 is 1.95 bits per heavy atom. The summed E-state index contributed by atoms with van der Waals surface area (Å²) in [5, 5.41) is 7.84. The van der Waals surface area contributed by atoms with E-state index in [9.17, 15) is 0 Å². The molecule has 96 valence electrons. The maximum atomic E-state index is 5.96. The highest BCUT2D eigenvalue weighted by atomic mass is 15.2. The third-order valence-corrected chi connectivity index (χ3v) is 3.35. The van der Waals surface area contributed by atoms with Crippen LogP contribution in [0.5, 0.6) is 0 Å². The summed E-state index contributed by atoms with van der Waals surface area (Å²) in [7, 11) is 0. The number of nitrogen functional groups attached to an aromatic ring is 1. The molecule has 4 nitrogen and oxygen atoms in total. The van der Waals surface area contributed by atoms with Gasteiger partial charge in [0.15, 0.2) is 5.65 Å². The van der Waals surface area contributed by atoms with Crippen molar-refractivity contribution in [2.24, 2.45) is 0 Å². The lowest BCUT2D eigenvalue weighted by atomic mass is 10.0. The molecule has 0 bridgehead atoms. The number of aromatic nitrogens is 3. The van der Waals surface area contributed by atoms with E-state index in [1.807, 2.05) is 6.92 Å². The fourth-order valence-corrected chi connectivity index (χ4v) is 2.32. The second-order valence-corrected chi connectivity index (χ2v) is 4.70. The van der Waals surface area contributed by atoms with Gasteiger partial charge < -0.3 is 5.73 Å². The van der Waals surface area contributed by atoms with E-state index in [-0.39, 0.29) is 0 Å². The van der Waals surface area contributed by atoms with Gasteiger partial charge >= 0.3 is 0 Å². The molecule has 19 heavy (non-hydrogen) atoms. The van der Waals surface area contributed by atoms with Crippen LogP contribution in [0.25, 0.3) is 22.2 Å². The Morgan fingerprint density at radius 1 is 1.21 bits per heavy atom. The fraction of sp³-hybridized carbons (Fsp3) is 0.200. The summed E-state index contributed by atoms with van der Waals surface area (Å²) in [6, 6.07) is 10.6. The maximum Gasteiger partial charge on any atom is 0.183 e. The molecule has 2 aromatic heterocycles. The third-order valence-electron chi connectivity index (χ3n) is 3.35. The SMILES string of the molecule is CCc1ccc(-c2cc(C)nc3n[nH]c(N)c23)cc1. The highest BCUT2D eigenvalue weighted by Gasteiger charge is 2.12. The van der Waals surface area contributed by atoms with Gasteiger partial charge in [0.05, 0.1) is 5.39 Å². The van der Waals surface area contributed by atoms with Crippen LogP contribution in [0.3, 0.4) is 0 Å². The van der Waals surface area contributed by atoms with Crippen molar-refractivity contribution < 1.29 is 0 Å². The summed E-state index contributed by atoms with van der Waals surface area (Å²) in [4.78, 5) is 4.39. The Labute approximate surface area is 111 Å². The van der Waals surface area contributed by atoms with Gasteiger partial charge in [-0.05, 0) is 36.1 Å². The predicted molar refractivity (Wildman–Crippen MR) is 77.9 cm³/mol. The zero-order chi connectivity index (χ0) is 13.4. The van der Waals surface area contributed by atoms with E-state index in [1.54, 1.807) is 0 Å². The van der Waals surface area contributed by atoms with Gasteiger partial charge in [-0.25, -0.2) is 4.98 Å². The van der Waals surface area contributed by atoms with E-state index in [1.165, 1.54) is 5.56 Å². The number of rotatable bonds is 2. The van der Waals surface area contributed by atoms with E-state index < -0.39 is 0 Å². The van der Waals surface area contributed by atoms with Crippen LogP contribution < -0.4 is 5.73 Å². The number of nitrogens with zero attached hydrogens (tertiary/aromatic N) is 2. The lowest BCUT2D eigenvalue weighted by Crippen LogP contribution is -1.90. The minimum Gasteiger partial charge on any atom is -0.383 e. The molecular formula is C15H16N4. The number of nitrogens with one attached hydrogen (secondary N) is 1. The summed E-state index contributed by atoms with van der Waals surface area (Å²) >= 11 is 0. The van der Waals surface area contributed by atoms with Gasteiger partial charge in [0.25, 0.3) is 0 Å². The second-order valence-electron chi connectivity index (χ2n) is 4.70. The fourth-order valence-electron chi connectivity index (χ4n) is 2.32. The molecule has 3 aromatic rings. The summed E-state index contributed by atoms with van der Waals surface area (Å²) in [6.07, 6.45) is 1.04. The monoisotopic (exact) mass is 252 g/mol. The highest BCUT2D eigenvalue weighted by Crippen LogP contribution is 2.31. The van der Waals surface area contributed by atoms with Gasteiger partial charge in [-0.15, -0.1) is 0 Å². The second kappa shape index (κ2) is 4.39. The molecule has 3 rings (SSSR count). The Hall–Kier alpha value is -2.36. The smallest absolute Gasteiger partial charge is 0.183 e. The minimum atomic E-state index is 0.567. The summed E-state index contributed by atoms with van der Waals surface area (Å²) in [6.45, 7) is 4.12. The first-order valence-electron chi connectivity index (χ1n) is 6.39. The minimum absolute atomic E-state index is 0.567. The van der Waals surface area contributed by atoms with Gasteiger partial charge in [0.2, 0.25) is 0 Å². The van der Waals surface area contributed by atoms with Gasteiger partial charge in [-0.2, -0.15) is 5.10 Å². The van der Waals surface area contributed by atoms with E-state index in [0.29, 0.717) is 11.5 Å². The number of hydrogen-bond acceptors (Lipinski definition) is 3. The van der Waals surface area contributed by atoms with E-state index in [0.717, 1.165) is 28.6 Å².